The second-order valence-electron chi connectivity index (χ2n) is 2.78. The zero-order chi connectivity index (χ0) is 12.2. The summed E-state index contributed by atoms with van der Waals surface area (Å²) in [4.78, 5) is 11.3. The number of hydrogen-bond donors (Lipinski definition) is 2. The van der Waals surface area contributed by atoms with Crippen LogP contribution in [0.4, 0.5) is 13.2 Å². The molecule has 0 heterocycles. The number of alkyl halides is 3. The Morgan fingerprint density at radius 2 is 2.06 bits per heavy atom. The van der Waals surface area contributed by atoms with Crippen LogP contribution in [0, 0.1) is 0 Å². The summed E-state index contributed by atoms with van der Waals surface area (Å²) >= 11 is 0. The Kier molecular flexibility index (Phi) is 3.73. The van der Waals surface area contributed by atoms with Gasteiger partial charge in [-0.2, -0.15) is 0 Å². The molecule has 0 radical (unpaired) electrons. The molecule has 0 atom stereocenters. The van der Waals surface area contributed by atoms with Gasteiger partial charge in [0.2, 0.25) is 0 Å². The molecule has 1 rings (SSSR count). The van der Waals surface area contributed by atoms with Crippen molar-refractivity contribution < 1.29 is 22.7 Å². The number of rotatable bonds is 3. The third-order valence-corrected chi connectivity index (χ3v) is 1.57. The largest absolute Gasteiger partial charge is 0.573 e. The molecule has 0 saturated carbocycles. The first-order valence-electron chi connectivity index (χ1n) is 4.25. The molecule has 0 aromatic heterocycles. The lowest BCUT2D eigenvalue weighted by Gasteiger charge is -2.09. The van der Waals surface area contributed by atoms with Gasteiger partial charge in [0.25, 0.3) is 5.91 Å². The van der Waals surface area contributed by atoms with E-state index < -0.39 is 18.0 Å². The molecule has 1 aromatic rings. The number of halogens is 3. The molecule has 4 nitrogen and oxygen atoms in total. The molecule has 0 bridgehead atoms. The van der Waals surface area contributed by atoms with Crippen LogP contribution in [-0.2, 0) is 0 Å². The summed E-state index contributed by atoms with van der Waals surface area (Å²) in [6, 6.07) is 4.78. The van der Waals surface area contributed by atoms with Crippen molar-refractivity contribution in [1.29, 1.82) is 0 Å². The number of hydrazine groups is 1. The molecule has 0 fully saturated rings. The van der Waals surface area contributed by atoms with E-state index in [4.69, 9.17) is 0 Å². The second-order valence-corrected chi connectivity index (χ2v) is 2.78. The standard InChI is InChI=1S/C9H9F3N2O2/c1-13-14-8(15)6-3-2-4-7(5-6)16-9(10,11)12/h2-5,13H,1H3,(H,14,15). The molecule has 0 saturated heterocycles. The molecular weight excluding hydrogens is 225 g/mol. The summed E-state index contributed by atoms with van der Waals surface area (Å²) < 4.78 is 39.3. The van der Waals surface area contributed by atoms with Crippen LogP contribution in [0.3, 0.4) is 0 Å². The number of carbonyl (C=O) groups is 1. The molecule has 0 aliphatic heterocycles. The average Bonchev–Trinajstić information content (AvgIpc) is 2.16. The first kappa shape index (κ1) is 12.3. The summed E-state index contributed by atoms with van der Waals surface area (Å²) in [6.45, 7) is 0. The second kappa shape index (κ2) is 4.84. The van der Waals surface area contributed by atoms with Crippen molar-refractivity contribution in [1.82, 2.24) is 10.9 Å². The van der Waals surface area contributed by atoms with Crippen LogP contribution >= 0.6 is 0 Å². The minimum absolute atomic E-state index is 0.0658. The Labute approximate surface area is 89.4 Å². The maximum atomic E-state index is 11.9. The lowest BCUT2D eigenvalue weighted by molar-refractivity contribution is -0.274. The highest BCUT2D eigenvalue weighted by atomic mass is 19.4. The van der Waals surface area contributed by atoms with E-state index in [9.17, 15) is 18.0 Å². The van der Waals surface area contributed by atoms with Crippen LogP contribution in [0.5, 0.6) is 5.75 Å². The monoisotopic (exact) mass is 234 g/mol. The number of amides is 1. The van der Waals surface area contributed by atoms with Crippen molar-refractivity contribution >= 4 is 5.91 Å². The van der Waals surface area contributed by atoms with Gasteiger partial charge in [0.15, 0.2) is 0 Å². The summed E-state index contributed by atoms with van der Waals surface area (Å²) in [5, 5.41) is 0. The van der Waals surface area contributed by atoms with E-state index in [1.54, 1.807) is 0 Å². The highest BCUT2D eigenvalue weighted by molar-refractivity contribution is 5.94. The van der Waals surface area contributed by atoms with E-state index in [1.165, 1.54) is 19.2 Å². The van der Waals surface area contributed by atoms with Crippen LogP contribution in [0.25, 0.3) is 0 Å². The normalized spacial score (nSPS) is 11.0. The lowest BCUT2D eigenvalue weighted by Crippen LogP contribution is -2.34. The molecule has 7 heteroatoms. The Bertz CT molecular complexity index is 379. The lowest BCUT2D eigenvalue weighted by atomic mass is 10.2. The summed E-state index contributed by atoms with van der Waals surface area (Å²) in [7, 11) is 1.47. The van der Waals surface area contributed by atoms with E-state index in [-0.39, 0.29) is 5.56 Å². The number of ether oxygens (including phenoxy) is 1. The van der Waals surface area contributed by atoms with Crippen LogP contribution in [0.2, 0.25) is 0 Å². The first-order chi connectivity index (χ1) is 7.42. The van der Waals surface area contributed by atoms with Crippen LogP contribution in [0.1, 0.15) is 10.4 Å². The van der Waals surface area contributed by atoms with Crippen molar-refractivity contribution in [2.75, 3.05) is 7.05 Å². The molecule has 0 spiro atoms. The number of carbonyl (C=O) groups excluding carboxylic acids is 1. The van der Waals surface area contributed by atoms with E-state index in [1.807, 2.05) is 0 Å². The third kappa shape index (κ3) is 3.77. The van der Waals surface area contributed by atoms with Gasteiger partial charge < -0.3 is 4.74 Å². The SMILES string of the molecule is CNNC(=O)c1cccc(OC(F)(F)F)c1. The van der Waals surface area contributed by atoms with Gasteiger partial charge in [-0.15, -0.1) is 13.2 Å². The zero-order valence-corrected chi connectivity index (χ0v) is 8.26. The predicted molar refractivity (Wildman–Crippen MR) is 49.7 cm³/mol. The van der Waals surface area contributed by atoms with Crippen molar-refractivity contribution in [3.05, 3.63) is 29.8 Å². The van der Waals surface area contributed by atoms with Crippen LogP contribution in [0.15, 0.2) is 24.3 Å². The maximum Gasteiger partial charge on any atom is 0.573 e. The molecule has 88 valence electrons. The number of hydrogen-bond acceptors (Lipinski definition) is 3. The molecular formula is C9H9F3N2O2. The molecule has 2 N–H and O–H groups in total. The van der Waals surface area contributed by atoms with Crippen molar-refractivity contribution in [3.8, 4) is 5.75 Å². The summed E-state index contributed by atoms with van der Waals surface area (Å²) in [5.74, 6) is -0.980. The van der Waals surface area contributed by atoms with E-state index in [2.05, 4.69) is 15.6 Å². The molecule has 0 unspecified atom stereocenters. The predicted octanol–water partition coefficient (Wildman–Crippen LogP) is 1.45. The fourth-order valence-corrected chi connectivity index (χ4v) is 1.02. The van der Waals surface area contributed by atoms with Crippen molar-refractivity contribution in [3.63, 3.8) is 0 Å². The van der Waals surface area contributed by atoms with Gasteiger partial charge in [-0.3, -0.25) is 10.2 Å². The van der Waals surface area contributed by atoms with Crippen molar-refractivity contribution in [2.45, 2.75) is 6.36 Å². The van der Waals surface area contributed by atoms with Gasteiger partial charge in [0.1, 0.15) is 5.75 Å². The van der Waals surface area contributed by atoms with Crippen LogP contribution in [-0.4, -0.2) is 19.3 Å². The fraction of sp³-hybridized carbons (Fsp3) is 0.222. The maximum absolute atomic E-state index is 11.9. The minimum atomic E-state index is -4.77. The minimum Gasteiger partial charge on any atom is -0.406 e. The van der Waals surface area contributed by atoms with Gasteiger partial charge in [-0.05, 0) is 18.2 Å². The Balaban J connectivity index is 2.83. The Morgan fingerprint density at radius 3 is 2.62 bits per heavy atom. The third-order valence-electron chi connectivity index (χ3n) is 1.57. The molecule has 16 heavy (non-hydrogen) atoms. The Morgan fingerprint density at radius 1 is 1.38 bits per heavy atom. The van der Waals surface area contributed by atoms with E-state index >= 15 is 0 Å². The van der Waals surface area contributed by atoms with Gasteiger partial charge in [0.05, 0.1) is 0 Å². The number of nitrogens with one attached hydrogen (secondary N) is 2. The average molecular weight is 234 g/mol. The summed E-state index contributed by atoms with van der Waals surface area (Å²) in [5.41, 5.74) is 4.66. The summed E-state index contributed by atoms with van der Waals surface area (Å²) in [6.07, 6.45) is -4.77. The number of benzene rings is 1. The van der Waals surface area contributed by atoms with Gasteiger partial charge in [-0.1, -0.05) is 6.07 Å². The molecule has 0 aliphatic carbocycles. The molecule has 1 aromatic carbocycles. The van der Waals surface area contributed by atoms with Crippen molar-refractivity contribution in [2.24, 2.45) is 0 Å². The zero-order valence-electron chi connectivity index (χ0n) is 8.26. The van der Waals surface area contributed by atoms with Gasteiger partial charge >= 0.3 is 6.36 Å². The molecule has 0 aliphatic rings. The van der Waals surface area contributed by atoms with Crippen LogP contribution < -0.4 is 15.6 Å². The highest BCUT2D eigenvalue weighted by Crippen LogP contribution is 2.23. The van der Waals surface area contributed by atoms with Gasteiger partial charge in [-0.25, -0.2) is 5.43 Å². The Hall–Kier alpha value is -1.76. The first-order valence-corrected chi connectivity index (χ1v) is 4.25. The smallest absolute Gasteiger partial charge is 0.406 e. The van der Waals surface area contributed by atoms with Gasteiger partial charge in [0, 0.05) is 12.6 Å². The molecule has 1 amide bonds. The van der Waals surface area contributed by atoms with E-state index in [0.717, 1.165) is 12.1 Å². The quantitative estimate of drug-likeness (QED) is 0.778. The van der Waals surface area contributed by atoms with E-state index in [0.29, 0.717) is 0 Å². The topological polar surface area (TPSA) is 50.4 Å². The fourth-order valence-electron chi connectivity index (χ4n) is 1.02. The highest BCUT2D eigenvalue weighted by Gasteiger charge is 2.31.